The summed E-state index contributed by atoms with van der Waals surface area (Å²) in [6.45, 7) is 11.9. The number of ether oxygens (including phenoxy) is 1. The molecular weight excluding hydrogens is 260 g/mol. The molecule has 0 bridgehead atoms. The van der Waals surface area contributed by atoms with Crippen LogP contribution in [0.2, 0.25) is 0 Å². The van der Waals surface area contributed by atoms with Crippen molar-refractivity contribution in [3.8, 4) is 5.75 Å². The van der Waals surface area contributed by atoms with E-state index in [0.717, 1.165) is 25.2 Å². The molecule has 0 unspecified atom stereocenters. The molecule has 0 radical (unpaired) electrons. The Morgan fingerprint density at radius 3 is 2.57 bits per heavy atom. The zero-order valence-corrected chi connectivity index (χ0v) is 14.0. The lowest BCUT2D eigenvalue weighted by molar-refractivity contribution is -1.00. The van der Waals surface area contributed by atoms with Crippen molar-refractivity contribution in [1.82, 2.24) is 0 Å². The van der Waals surface area contributed by atoms with Gasteiger partial charge in [-0.2, -0.15) is 0 Å². The topological polar surface area (TPSA) is 18.1 Å². The number of para-hydroxylation sites is 1. The molecule has 1 heterocycles. The lowest BCUT2D eigenvalue weighted by Crippen LogP contribution is -3.27. The lowest BCUT2D eigenvalue weighted by atomic mass is 9.98. The maximum absolute atomic E-state index is 6.05. The van der Waals surface area contributed by atoms with Gasteiger partial charge < -0.3 is 14.5 Å². The van der Waals surface area contributed by atoms with E-state index in [1.807, 2.05) is 0 Å². The van der Waals surface area contributed by atoms with E-state index in [2.05, 4.69) is 45.2 Å². The van der Waals surface area contributed by atoms with Crippen molar-refractivity contribution in [3.05, 3.63) is 29.8 Å². The average molecular weight is 292 g/mol. The number of nitrogens with one attached hydrogen (secondary N) is 2. The largest absolute Gasteiger partial charge is 0.493 e. The van der Waals surface area contributed by atoms with Crippen LogP contribution in [-0.4, -0.2) is 46.4 Å². The normalized spacial score (nSPS) is 23.8. The van der Waals surface area contributed by atoms with Gasteiger partial charge in [-0.3, -0.25) is 0 Å². The molecule has 0 aromatic heterocycles. The van der Waals surface area contributed by atoms with Crippen LogP contribution in [0.5, 0.6) is 5.75 Å². The summed E-state index contributed by atoms with van der Waals surface area (Å²) in [6, 6.07) is 8.52. The molecule has 1 aromatic carbocycles. The predicted molar refractivity (Wildman–Crippen MR) is 87.4 cm³/mol. The van der Waals surface area contributed by atoms with E-state index in [0.29, 0.717) is 5.92 Å². The molecule has 3 nitrogen and oxygen atoms in total. The van der Waals surface area contributed by atoms with Gasteiger partial charge in [0.2, 0.25) is 0 Å². The molecular formula is C18H32N2O+2. The Balaban J connectivity index is 1.73. The van der Waals surface area contributed by atoms with Gasteiger partial charge in [0, 0.05) is 6.42 Å². The molecule has 0 aliphatic carbocycles. The third-order valence-corrected chi connectivity index (χ3v) is 4.81. The maximum Gasteiger partial charge on any atom is 0.127 e. The molecule has 0 spiro atoms. The van der Waals surface area contributed by atoms with E-state index in [1.54, 1.807) is 9.80 Å². The molecule has 118 valence electrons. The Labute approximate surface area is 129 Å². The second-order valence-corrected chi connectivity index (χ2v) is 6.51. The molecule has 1 aliphatic heterocycles. The van der Waals surface area contributed by atoms with Gasteiger partial charge in [0.05, 0.1) is 20.2 Å². The van der Waals surface area contributed by atoms with Crippen LogP contribution in [0.1, 0.15) is 38.2 Å². The van der Waals surface area contributed by atoms with Gasteiger partial charge in [0.1, 0.15) is 31.9 Å². The molecule has 0 saturated carbocycles. The number of rotatable bonds is 7. The minimum absolute atomic E-state index is 0.576. The summed E-state index contributed by atoms with van der Waals surface area (Å²) in [5, 5.41) is 0. The average Bonchev–Trinajstić information content (AvgIpc) is 2.53. The summed E-state index contributed by atoms with van der Waals surface area (Å²) in [5.41, 5.74) is 1.36. The number of quaternary nitrogens is 2. The number of likely N-dealkylation sites (N-methyl/N-ethyl adjacent to an activating group) is 1. The van der Waals surface area contributed by atoms with Gasteiger partial charge in [-0.1, -0.05) is 32.0 Å². The molecule has 21 heavy (non-hydrogen) atoms. The van der Waals surface area contributed by atoms with Crippen LogP contribution in [-0.2, 0) is 0 Å². The van der Waals surface area contributed by atoms with Gasteiger partial charge >= 0.3 is 0 Å². The Kier molecular flexibility index (Phi) is 6.52. The van der Waals surface area contributed by atoms with Gasteiger partial charge in [-0.15, -0.1) is 0 Å². The Hall–Kier alpha value is -1.06. The van der Waals surface area contributed by atoms with Crippen LogP contribution in [0.4, 0.5) is 0 Å². The fraction of sp³-hybridized carbons (Fsp3) is 0.667. The van der Waals surface area contributed by atoms with Gasteiger partial charge in [-0.05, 0) is 24.0 Å². The maximum atomic E-state index is 6.05. The van der Waals surface area contributed by atoms with E-state index >= 15 is 0 Å². The zero-order chi connectivity index (χ0) is 15.1. The summed E-state index contributed by atoms with van der Waals surface area (Å²) >= 11 is 0. The fourth-order valence-corrected chi connectivity index (χ4v) is 3.02. The zero-order valence-electron chi connectivity index (χ0n) is 14.0. The van der Waals surface area contributed by atoms with Gasteiger partial charge in [0.15, 0.2) is 0 Å². The molecule has 2 N–H and O–H groups in total. The summed E-state index contributed by atoms with van der Waals surface area (Å²) in [4.78, 5) is 3.43. The van der Waals surface area contributed by atoms with Crippen molar-refractivity contribution < 1.29 is 14.5 Å². The highest BCUT2D eigenvalue weighted by Crippen LogP contribution is 2.28. The second-order valence-electron chi connectivity index (χ2n) is 6.51. The van der Waals surface area contributed by atoms with E-state index in [1.165, 1.54) is 38.3 Å². The molecule has 1 fully saturated rings. The first-order chi connectivity index (χ1) is 10.2. The quantitative estimate of drug-likeness (QED) is 0.696. The highest BCUT2D eigenvalue weighted by atomic mass is 16.5. The third kappa shape index (κ3) is 5.01. The summed E-state index contributed by atoms with van der Waals surface area (Å²) < 4.78 is 6.05. The predicted octanol–water partition coefficient (Wildman–Crippen LogP) is 0.382. The first-order valence-electron chi connectivity index (χ1n) is 8.57. The van der Waals surface area contributed by atoms with E-state index in [-0.39, 0.29) is 0 Å². The smallest absolute Gasteiger partial charge is 0.127 e. The van der Waals surface area contributed by atoms with Crippen LogP contribution >= 0.6 is 0 Å². The highest BCUT2D eigenvalue weighted by Gasteiger charge is 2.19. The first kappa shape index (κ1) is 16.3. The van der Waals surface area contributed by atoms with Crippen LogP contribution in [0, 0.1) is 0 Å². The second kappa shape index (κ2) is 8.40. The SMILES string of the molecule is CC[C@H](C)c1ccccc1OCCC[NH+]1CC[NH+](C)CC1. The fourth-order valence-electron chi connectivity index (χ4n) is 3.02. The van der Waals surface area contributed by atoms with Crippen LogP contribution in [0.25, 0.3) is 0 Å². The molecule has 1 aromatic rings. The van der Waals surface area contributed by atoms with Crippen molar-refractivity contribution in [2.24, 2.45) is 0 Å². The summed E-state index contributed by atoms with van der Waals surface area (Å²) in [6.07, 6.45) is 2.32. The molecule has 1 aliphatic rings. The van der Waals surface area contributed by atoms with Gasteiger partial charge in [0.25, 0.3) is 0 Å². The van der Waals surface area contributed by atoms with Crippen molar-refractivity contribution in [3.63, 3.8) is 0 Å². The van der Waals surface area contributed by atoms with Crippen molar-refractivity contribution >= 4 is 0 Å². The number of hydrogen-bond donors (Lipinski definition) is 2. The molecule has 0 amide bonds. The van der Waals surface area contributed by atoms with Crippen LogP contribution in [0.15, 0.2) is 24.3 Å². The number of benzene rings is 1. The van der Waals surface area contributed by atoms with Gasteiger partial charge in [-0.25, -0.2) is 0 Å². The van der Waals surface area contributed by atoms with Crippen molar-refractivity contribution in [2.45, 2.75) is 32.6 Å². The van der Waals surface area contributed by atoms with Crippen LogP contribution in [0.3, 0.4) is 0 Å². The minimum Gasteiger partial charge on any atom is -0.493 e. The Morgan fingerprint density at radius 2 is 1.86 bits per heavy atom. The van der Waals surface area contributed by atoms with E-state index in [4.69, 9.17) is 4.74 Å². The Bertz CT molecular complexity index is 413. The van der Waals surface area contributed by atoms with E-state index < -0.39 is 0 Å². The highest BCUT2D eigenvalue weighted by molar-refractivity contribution is 5.35. The number of hydrogen-bond acceptors (Lipinski definition) is 1. The molecule has 1 atom stereocenters. The molecule has 2 rings (SSSR count). The third-order valence-electron chi connectivity index (χ3n) is 4.81. The monoisotopic (exact) mass is 292 g/mol. The first-order valence-corrected chi connectivity index (χ1v) is 8.57. The number of piperazine rings is 1. The minimum atomic E-state index is 0.576. The molecule has 1 saturated heterocycles. The Morgan fingerprint density at radius 1 is 1.14 bits per heavy atom. The summed E-state index contributed by atoms with van der Waals surface area (Å²) in [5.74, 6) is 1.66. The summed E-state index contributed by atoms with van der Waals surface area (Å²) in [7, 11) is 2.30. The van der Waals surface area contributed by atoms with Crippen molar-refractivity contribution in [2.75, 3.05) is 46.4 Å². The van der Waals surface area contributed by atoms with Crippen LogP contribution < -0.4 is 14.5 Å². The van der Waals surface area contributed by atoms with E-state index in [9.17, 15) is 0 Å². The standard InChI is InChI=1S/C18H30N2O/c1-4-16(2)17-8-5-6-9-18(17)21-15-7-10-20-13-11-19(3)12-14-20/h5-6,8-9,16H,4,7,10-15H2,1-3H3/p+2/t16-/m0/s1. The van der Waals surface area contributed by atoms with Crippen molar-refractivity contribution in [1.29, 1.82) is 0 Å². The molecule has 3 heteroatoms. The lowest BCUT2D eigenvalue weighted by Gasteiger charge is -2.27.